The minimum Gasteiger partial charge on any atom is -0.481 e. The van der Waals surface area contributed by atoms with E-state index in [2.05, 4.69) is 14.8 Å². The lowest BCUT2D eigenvalue weighted by Gasteiger charge is -2.05. The lowest BCUT2D eigenvalue weighted by Crippen LogP contribution is -2.12. The number of sulfonamides is 1. The van der Waals surface area contributed by atoms with E-state index < -0.39 is 16.0 Å². The van der Waals surface area contributed by atoms with Crippen molar-refractivity contribution in [3.8, 4) is 0 Å². The number of anilines is 1. The highest BCUT2D eigenvalue weighted by molar-refractivity contribution is 7.92. The molecule has 0 aliphatic heterocycles. The van der Waals surface area contributed by atoms with Crippen LogP contribution < -0.4 is 4.72 Å². The van der Waals surface area contributed by atoms with Crippen molar-refractivity contribution in [2.45, 2.75) is 24.8 Å². The van der Waals surface area contributed by atoms with E-state index in [1.54, 1.807) is 19.1 Å². The molecule has 0 spiro atoms. The number of aryl methyl sites for hydroxylation is 2. The Labute approximate surface area is 121 Å². The second-order valence-electron chi connectivity index (χ2n) is 4.38. The van der Waals surface area contributed by atoms with Crippen LogP contribution in [-0.4, -0.2) is 34.3 Å². The van der Waals surface area contributed by atoms with Crippen LogP contribution in [0.5, 0.6) is 0 Å². The van der Waals surface area contributed by atoms with Crippen LogP contribution in [0.1, 0.15) is 12.1 Å². The second-order valence-corrected chi connectivity index (χ2v) is 6.06. The smallest absolute Gasteiger partial charge is 0.305 e. The van der Waals surface area contributed by atoms with Crippen molar-refractivity contribution in [2.75, 3.05) is 4.72 Å². The maximum Gasteiger partial charge on any atom is 0.305 e. The van der Waals surface area contributed by atoms with Crippen LogP contribution in [-0.2, 0) is 21.4 Å². The van der Waals surface area contributed by atoms with Gasteiger partial charge >= 0.3 is 5.97 Å². The van der Waals surface area contributed by atoms with Gasteiger partial charge in [-0.2, -0.15) is 5.10 Å². The average molecular weight is 310 g/mol. The highest BCUT2D eigenvalue weighted by Gasteiger charge is 2.17. The molecule has 2 N–H and O–H groups in total. The van der Waals surface area contributed by atoms with Crippen molar-refractivity contribution in [1.82, 2.24) is 14.8 Å². The predicted octanol–water partition coefficient (Wildman–Crippen LogP) is 0.862. The van der Waals surface area contributed by atoms with Gasteiger partial charge in [-0.15, -0.1) is 0 Å². The van der Waals surface area contributed by atoms with Gasteiger partial charge in [-0.05, 0) is 19.1 Å². The number of hydrogen-bond acceptors (Lipinski definition) is 5. The summed E-state index contributed by atoms with van der Waals surface area (Å²) >= 11 is 0. The third-order valence-corrected chi connectivity index (χ3v) is 3.97. The number of pyridine rings is 1. The quantitative estimate of drug-likeness (QED) is 0.818. The first-order valence-corrected chi connectivity index (χ1v) is 7.55. The number of nitrogens with one attached hydrogen (secondary N) is 1. The van der Waals surface area contributed by atoms with Crippen molar-refractivity contribution < 1.29 is 18.3 Å². The minimum absolute atomic E-state index is 0.0338. The van der Waals surface area contributed by atoms with E-state index in [0.717, 1.165) is 5.69 Å². The summed E-state index contributed by atoms with van der Waals surface area (Å²) in [6, 6.07) is 3.29. The van der Waals surface area contributed by atoms with Crippen LogP contribution in [0.4, 0.5) is 5.69 Å². The first kappa shape index (κ1) is 15.0. The Hall–Kier alpha value is -2.42. The summed E-state index contributed by atoms with van der Waals surface area (Å²) in [5, 5.41) is 12.4. The molecular weight excluding hydrogens is 296 g/mol. The average Bonchev–Trinajstić information content (AvgIpc) is 2.88. The third kappa shape index (κ3) is 4.02. The molecule has 9 heteroatoms. The topological polar surface area (TPSA) is 114 Å². The molecule has 2 aromatic rings. The van der Waals surface area contributed by atoms with Crippen molar-refractivity contribution in [1.29, 1.82) is 0 Å². The molecule has 2 aromatic heterocycles. The number of carboxylic acids is 1. The highest BCUT2D eigenvalue weighted by atomic mass is 32.2. The van der Waals surface area contributed by atoms with Gasteiger partial charge in [0.05, 0.1) is 31.0 Å². The Morgan fingerprint density at radius 2 is 2.14 bits per heavy atom. The highest BCUT2D eigenvalue weighted by Crippen LogP contribution is 2.14. The summed E-state index contributed by atoms with van der Waals surface area (Å²) < 4.78 is 27.9. The number of aliphatic carboxylic acids is 1. The number of nitrogens with zero attached hydrogens (tertiary/aromatic N) is 3. The molecule has 2 rings (SSSR count). The van der Waals surface area contributed by atoms with E-state index in [1.807, 2.05) is 0 Å². The molecule has 0 radical (unpaired) electrons. The molecule has 0 aliphatic rings. The third-order valence-electron chi connectivity index (χ3n) is 2.64. The molecule has 0 aromatic carbocycles. The fourth-order valence-corrected chi connectivity index (χ4v) is 2.55. The van der Waals surface area contributed by atoms with Crippen LogP contribution in [0, 0.1) is 6.92 Å². The Bertz CT molecular complexity index is 737. The number of carbonyl (C=O) groups is 1. The van der Waals surface area contributed by atoms with Crippen LogP contribution in [0.15, 0.2) is 35.6 Å². The van der Waals surface area contributed by atoms with Crippen molar-refractivity contribution >= 4 is 21.7 Å². The zero-order valence-electron chi connectivity index (χ0n) is 11.2. The van der Waals surface area contributed by atoms with Gasteiger partial charge in [-0.25, -0.2) is 8.42 Å². The van der Waals surface area contributed by atoms with E-state index in [4.69, 9.17) is 5.11 Å². The Balaban J connectivity index is 2.12. The van der Waals surface area contributed by atoms with Gasteiger partial charge in [0, 0.05) is 11.9 Å². The van der Waals surface area contributed by atoms with E-state index >= 15 is 0 Å². The zero-order chi connectivity index (χ0) is 15.5. The van der Waals surface area contributed by atoms with Crippen molar-refractivity contribution in [3.05, 3.63) is 36.4 Å². The molecule has 0 amide bonds. The molecule has 0 saturated heterocycles. The van der Waals surface area contributed by atoms with E-state index in [0.29, 0.717) is 5.69 Å². The maximum absolute atomic E-state index is 12.1. The summed E-state index contributed by atoms with van der Waals surface area (Å²) in [4.78, 5) is 14.4. The molecule has 0 atom stereocenters. The van der Waals surface area contributed by atoms with Gasteiger partial charge in [0.1, 0.15) is 4.90 Å². The lowest BCUT2D eigenvalue weighted by atomic mass is 10.4. The molecule has 112 valence electrons. The van der Waals surface area contributed by atoms with Crippen LogP contribution >= 0.6 is 0 Å². The first-order valence-electron chi connectivity index (χ1n) is 6.06. The first-order chi connectivity index (χ1) is 9.87. The lowest BCUT2D eigenvalue weighted by molar-refractivity contribution is -0.137. The Kier molecular flexibility index (Phi) is 4.22. The summed E-state index contributed by atoms with van der Waals surface area (Å²) in [7, 11) is -3.76. The number of aromatic nitrogens is 3. The molecule has 0 fully saturated rings. The normalized spacial score (nSPS) is 11.3. The van der Waals surface area contributed by atoms with E-state index in [-0.39, 0.29) is 17.9 Å². The molecule has 0 saturated carbocycles. The number of carboxylic acid groups (broad SMARTS) is 1. The number of hydrogen-bond donors (Lipinski definition) is 2. The van der Waals surface area contributed by atoms with Crippen molar-refractivity contribution in [2.24, 2.45) is 0 Å². The monoisotopic (exact) mass is 310 g/mol. The summed E-state index contributed by atoms with van der Waals surface area (Å²) in [5.74, 6) is -0.973. The van der Waals surface area contributed by atoms with Crippen molar-refractivity contribution in [3.63, 3.8) is 0 Å². The van der Waals surface area contributed by atoms with Gasteiger partial charge in [0.15, 0.2) is 0 Å². The predicted molar refractivity (Wildman–Crippen MR) is 74.3 cm³/mol. The summed E-state index contributed by atoms with van der Waals surface area (Å²) in [6.45, 7) is 1.90. The second kappa shape index (κ2) is 5.92. The van der Waals surface area contributed by atoms with Gasteiger partial charge in [0.2, 0.25) is 0 Å². The van der Waals surface area contributed by atoms with Crippen LogP contribution in [0.2, 0.25) is 0 Å². The largest absolute Gasteiger partial charge is 0.481 e. The number of rotatable bonds is 6. The van der Waals surface area contributed by atoms with E-state index in [1.165, 1.54) is 23.3 Å². The molecule has 8 nitrogen and oxygen atoms in total. The fraction of sp³-hybridized carbons (Fsp3) is 0.250. The van der Waals surface area contributed by atoms with Gasteiger partial charge < -0.3 is 5.11 Å². The molecular formula is C12H14N4O4S. The van der Waals surface area contributed by atoms with Crippen LogP contribution in [0.25, 0.3) is 0 Å². The van der Waals surface area contributed by atoms with E-state index in [9.17, 15) is 13.2 Å². The maximum atomic E-state index is 12.1. The standard InChI is InChI=1S/C12H14N4O4S/c1-9-2-3-10(6-13-9)15-21(19,20)11-7-14-16(8-11)5-4-12(17)18/h2-3,6-8,15H,4-5H2,1H3,(H,17,18). The molecule has 2 heterocycles. The van der Waals surface area contributed by atoms with Gasteiger partial charge in [-0.1, -0.05) is 0 Å². The van der Waals surface area contributed by atoms with Crippen LogP contribution in [0.3, 0.4) is 0 Å². The Morgan fingerprint density at radius 3 is 2.76 bits per heavy atom. The fourth-order valence-electron chi connectivity index (χ4n) is 1.56. The Morgan fingerprint density at radius 1 is 1.38 bits per heavy atom. The van der Waals surface area contributed by atoms with Gasteiger partial charge in [-0.3, -0.25) is 19.2 Å². The molecule has 0 aliphatic carbocycles. The minimum atomic E-state index is -3.76. The van der Waals surface area contributed by atoms with Gasteiger partial charge in [0.25, 0.3) is 10.0 Å². The molecule has 0 unspecified atom stereocenters. The molecule has 0 bridgehead atoms. The molecule has 21 heavy (non-hydrogen) atoms. The zero-order valence-corrected chi connectivity index (χ0v) is 12.0. The summed E-state index contributed by atoms with van der Waals surface area (Å²) in [6.07, 6.45) is 3.75. The SMILES string of the molecule is Cc1ccc(NS(=O)(=O)c2cnn(CCC(=O)O)c2)cn1. The summed E-state index contributed by atoms with van der Waals surface area (Å²) in [5.41, 5.74) is 1.12.